The van der Waals surface area contributed by atoms with Crippen molar-refractivity contribution in [2.45, 2.75) is 51.4 Å². The molecule has 0 saturated heterocycles. The summed E-state index contributed by atoms with van der Waals surface area (Å²) in [6.45, 7) is 7.06. The normalized spacial score (nSPS) is 39.7. The summed E-state index contributed by atoms with van der Waals surface area (Å²) in [5, 5.41) is 21.0. The van der Waals surface area contributed by atoms with Gasteiger partial charge in [-0.1, -0.05) is 19.1 Å². The lowest BCUT2D eigenvalue weighted by Crippen LogP contribution is -2.55. The van der Waals surface area contributed by atoms with E-state index in [1.807, 2.05) is 6.92 Å². The zero-order valence-corrected chi connectivity index (χ0v) is 13.4. The minimum absolute atomic E-state index is 0.199. The highest BCUT2D eigenvalue weighted by Crippen LogP contribution is 2.56. The van der Waals surface area contributed by atoms with Gasteiger partial charge >= 0.3 is 11.9 Å². The Hall–Kier alpha value is -1.66. The van der Waals surface area contributed by atoms with Gasteiger partial charge in [-0.05, 0) is 19.3 Å². The van der Waals surface area contributed by atoms with Gasteiger partial charge in [-0.2, -0.15) is 0 Å². The van der Waals surface area contributed by atoms with Gasteiger partial charge in [0.2, 0.25) is 0 Å². The molecule has 2 aliphatic carbocycles. The highest BCUT2D eigenvalue weighted by atomic mass is 16.6. The average Bonchev–Trinajstić information content (AvgIpc) is 2.77. The summed E-state index contributed by atoms with van der Waals surface area (Å²) in [6.07, 6.45) is -0.533. The van der Waals surface area contributed by atoms with Gasteiger partial charge in [0.15, 0.2) is 0 Å². The van der Waals surface area contributed by atoms with Gasteiger partial charge in [-0.3, -0.25) is 4.79 Å². The van der Waals surface area contributed by atoms with E-state index in [1.165, 1.54) is 6.92 Å². The molecule has 3 aliphatic rings. The number of ether oxygens (including phenoxy) is 2. The Bertz CT molecular complexity index is 606. The van der Waals surface area contributed by atoms with E-state index in [2.05, 4.69) is 6.58 Å². The lowest BCUT2D eigenvalue weighted by atomic mass is 9.55. The van der Waals surface area contributed by atoms with Crippen LogP contribution < -0.4 is 0 Å². The fourth-order valence-electron chi connectivity index (χ4n) is 4.32. The Balaban J connectivity index is 2.00. The molecule has 2 N–H and O–H groups in total. The summed E-state index contributed by atoms with van der Waals surface area (Å²) in [4.78, 5) is 23.2. The molecule has 0 spiro atoms. The van der Waals surface area contributed by atoms with Crippen molar-refractivity contribution in [2.24, 2.45) is 11.3 Å². The monoisotopic (exact) mass is 322 g/mol. The second-order valence-corrected chi connectivity index (χ2v) is 6.96. The van der Waals surface area contributed by atoms with E-state index in [4.69, 9.17) is 9.47 Å². The van der Waals surface area contributed by atoms with Crippen molar-refractivity contribution in [3.05, 3.63) is 23.3 Å². The predicted octanol–water partition coefficient (Wildman–Crippen LogP) is 0.869. The molecule has 6 nitrogen and oxygen atoms in total. The highest BCUT2D eigenvalue weighted by Gasteiger charge is 2.58. The SMILES string of the molecule is C=C1CCC(O)C2(C)CC(O)C3=C(COC(C)=O)C(=O)OC3C12. The Labute approximate surface area is 134 Å². The summed E-state index contributed by atoms with van der Waals surface area (Å²) < 4.78 is 10.4. The third-order valence-corrected chi connectivity index (χ3v) is 5.50. The van der Waals surface area contributed by atoms with Crippen LogP contribution in [-0.2, 0) is 19.1 Å². The van der Waals surface area contributed by atoms with Crippen molar-refractivity contribution in [1.29, 1.82) is 0 Å². The number of carbonyl (C=O) groups is 2. The Kier molecular flexibility index (Phi) is 3.84. The molecule has 0 aromatic heterocycles. The number of fused-ring (bicyclic) bond motifs is 3. The lowest BCUT2D eigenvalue weighted by Gasteiger charge is -2.53. The van der Waals surface area contributed by atoms with Gasteiger partial charge in [0.05, 0.1) is 17.8 Å². The number of aliphatic hydroxyl groups excluding tert-OH is 2. The van der Waals surface area contributed by atoms with Crippen molar-refractivity contribution < 1.29 is 29.3 Å². The van der Waals surface area contributed by atoms with Crippen LogP contribution in [0.1, 0.15) is 33.1 Å². The topological polar surface area (TPSA) is 93.1 Å². The zero-order chi connectivity index (χ0) is 16.9. The third kappa shape index (κ3) is 2.40. The Morgan fingerprint density at radius 2 is 2.17 bits per heavy atom. The summed E-state index contributed by atoms with van der Waals surface area (Å²) in [5.41, 5.74) is 1.04. The van der Waals surface area contributed by atoms with Crippen molar-refractivity contribution in [3.8, 4) is 0 Å². The maximum Gasteiger partial charge on any atom is 0.338 e. The van der Waals surface area contributed by atoms with Crippen LogP contribution in [0.15, 0.2) is 23.3 Å². The summed E-state index contributed by atoms with van der Waals surface area (Å²) >= 11 is 0. The summed E-state index contributed by atoms with van der Waals surface area (Å²) in [5.74, 6) is -1.30. The number of hydrogen-bond acceptors (Lipinski definition) is 6. The van der Waals surface area contributed by atoms with Crippen LogP contribution >= 0.6 is 0 Å². The van der Waals surface area contributed by atoms with Crippen molar-refractivity contribution in [2.75, 3.05) is 6.61 Å². The predicted molar refractivity (Wildman–Crippen MR) is 80.1 cm³/mol. The zero-order valence-electron chi connectivity index (χ0n) is 13.4. The van der Waals surface area contributed by atoms with Crippen molar-refractivity contribution in [1.82, 2.24) is 0 Å². The first-order chi connectivity index (χ1) is 10.8. The summed E-state index contributed by atoms with van der Waals surface area (Å²) in [7, 11) is 0. The van der Waals surface area contributed by atoms with Crippen LogP contribution in [0.25, 0.3) is 0 Å². The van der Waals surface area contributed by atoms with E-state index >= 15 is 0 Å². The molecule has 1 aliphatic heterocycles. The maximum absolute atomic E-state index is 12.2. The van der Waals surface area contributed by atoms with Gasteiger partial charge in [-0.15, -0.1) is 0 Å². The number of hydrogen-bond donors (Lipinski definition) is 2. The first-order valence-corrected chi connectivity index (χ1v) is 7.86. The van der Waals surface area contributed by atoms with Crippen LogP contribution in [0.5, 0.6) is 0 Å². The van der Waals surface area contributed by atoms with Crippen LogP contribution in [0.3, 0.4) is 0 Å². The molecule has 1 heterocycles. The largest absolute Gasteiger partial charge is 0.461 e. The van der Waals surface area contributed by atoms with Crippen molar-refractivity contribution in [3.63, 3.8) is 0 Å². The minimum atomic E-state index is -0.904. The van der Waals surface area contributed by atoms with E-state index in [0.29, 0.717) is 24.8 Å². The molecule has 0 aromatic carbocycles. The second-order valence-electron chi connectivity index (χ2n) is 6.96. The molecular weight excluding hydrogens is 300 g/mol. The van der Waals surface area contributed by atoms with Gasteiger partial charge < -0.3 is 19.7 Å². The van der Waals surface area contributed by atoms with Crippen LogP contribution in [0.4, 0.5) is 0 Å². The van der Waals surface area contributed by atoms with E-state index in [-0.39, 0.29) is 18.1 Å². The first-order valence-electron chi connectivity index (χ1n) is 7.86. The molecule has 23 heavy (non-hydrogen) atoms. The quantitative estimate of drug-likeness (QED) is 0.579. The molecule has 6 heteroatoms. The number of aliphatic hydroxyl groups is 2. The van der Waals surface area contributed by atoms with Crippen LogP contribution in [0.2, 0.25) is 0 Å². The molecular formula is C17H22O6. The molecule has 5 unspecified atom stereocenters. The average molecular weight is 322 g/mol. The molecule has 0 aromatic rings. The molecule has 3 rings (SSSR count). The van der Waals surface area contributed by atoms with Crippen molar-refractivity contribution >= 4 is 11.9 Å². The third-order valence-electron chi connectivity index (χ3n) is 5.50. The van der Waals surface area contributed by atoms with Gasteiger partial charge in [0.1, 0.15) is 12.7 Å². The number of esters is 2. The number of carbonyl (C=O) groups excluding carboxylic acids is 2. The molecule has 0 bridgehead atoms. The van der Waals surface area contributed by atoms with Gasteiger partial charge in [0.25, 0.3) is 0 Å². The lowest BCUT2D eigenvalue weighted by molar-refractivity contribution is -0.151. The molecule has 0 radical (unpaired) electrons. The standard InChI is InChI=1S/C17H22O6/c1-8-4-5-12(20)17(3)6-11(19)13-10(7-22-9(2)18)16(21)23-15(13)14(8)17/h11-12,14-15,19-20H,1,4-7H2,2-3H3. The fraction of sp³-hybridized carbons (Fsp3) is 0.647. The van der Waals surface area contributed by atoms with E-state index < -0.39 is 35.7 Å². The molecule has 126 valence electrons. The summed E-state index contributed by atoms with van der Waals surface area (Å²) in [6, 6.07) is 0. The second kappa shape index (κ2) is 5.46. The molecule has 2 saturated carbocycles. The molecule has 5 atom stereocenters. The maximum atomic E-state index is 12.2. The van der Waals surface area contributed by atoms with Crippen LogP contribution in [0, 0.1) is 11.3 Å². The first kappa shape index (κ1) is 16.2. The number of rotatable bonds is 2. The van der Waals surface area contributed by atoms with E-state index in [0.717, 1.165) is 5.57 Å². The van der Waals surface area contributed by atoms with E-state index in [9.17, 15) is 19.8 Å². The Morgan fingerprint density at radius 3 is 2.83 bits per heavy atom. The molecule has 2 fully saturated rings. The van der Waals surface area contributed by atoms with E-state index in [1.54, 1.807) is 0 Å². The van der Waals surface area contributed by atoms with Gasteiger partial charge in [-0.25, -0.2) is 4.79 Å². The highest BCUT2D eigenvalue weighted by molar-refractivity contribution is 5.93. The Morgan fingerprint density at radius 1 is 1.48 bits per heavy atom. The fourth-order valence-corrected chi connectivity index (χ4v) is 4.32. The molecule has 0 amide bonds. The van der Waals surface area contributed by atoms with Gasteiger partial charge in [0, 0.05) is 23.8 Å². The minimum Gasteiger partial charge on any atom is -0.461 e. The smallest absolute Gasteiger partial charge is 0.338 e. The van der Waals surface area contributed by atoms with Crippen LogP contribution in [-0.4, -0.2) is 47.1 Å².